The zero-order valence-electron chi connectivity index (χ0n) is 10.8. The number of aryl methyl sites for hydroxylation is 2. The van der Waals surface area contributed by atoms with E-state index in [2.05, 4.69) is 18.3 Å². The fourth-order valence-electron chi connectivity index (χ4n) is 2.67. The number of unbranched alkanes of at least 4 members (excludes halogenated alkanes) is 1. The van der Waals surface area contributed by atoms with Crippen LogP contribution in [0.4, 0.5) is 10.5 Å². The van der Waals surface area contributed by atoms with Gasteiger partial charge in [0.05, 0.1) is 12.3 Å². The lowest BCUT2D eigenvalue weighted by atomic mass is 9.76. The Morgan fingerprint density at radius 2 is 1.89 bits per heavy atom. The van der Waals surface area contributed by atoms with Gasteiger partial charge in [0.1, 0.15) is 0 Å². The van der Waals surface area contributed by atoms with Crippen molar-refractivity contribution in [1.29, 1.82) is 0 Å². The molecule has 1 aromatic rings. The molecule has 18 heavy (non-hydrogen) atoms. The molecule has 0 atom stereocenters. The van der Waals surface area contributed by atoms with E-state index in [1.807, 2.05) is 0 Å². The molecule has 1 aromatic carbocycles. The number of carbonyl (C=O) groups excluding carboxylic acids is 1. The molecule has 3 rings (SSSR count). The van der Waals surface area contributed by atoms with Crippen LogP contribution in [0.2, 0.25) is 0 Å². The second-order valence-corrected chi connectivity index (χ2v) is 5.14. The van der Waals surface area contributed by atoms with E-state index >= 15 is 0 Å². The fraction of sp³-hybridized carbons (Fsp3) is 0.533. The number of ether oxygens (including phenoxy) is 1. The molecule has 1 amide bonds. The minimum Gasteiger partial charge on any atom is -0.449 e. The fourth-order valence-corrected chi connectivity index (χ4v) is 2.67. The largest absolute Gasteiger partial charge is 0.449 e. The van der Waals surface area contributed by atoms with Crippen LogP contribution in [0.3, 0.4) is 0 Å². The molecule has 3 heteroatoms. The number of anilines is 1. The predicted octanol–water partition coefficient (Wildman–Crippen LogP) is 3.23. The molecule has 0 aromatic heterocycles. The van der Waals surface area contributed by atoms with Crippen molar-refractivity contribution in [3.63, 3.8) is 0 Å². The first-order valence-electron chi connectivity index (χ1n) is 6.90. The molecule has 0 aliphatic heterocycles. The molecule has 96 valence electrons. The summed E-state index contributed by atoms with van der Waals surface area (Å²) in [6.45, 7) is 2.60. The third-order valence-corrected chi connectivity index (χ3v) is 3.97. The highest BCUT2D eigenvalue weighted by atomic mass is 16.5. The van der Waals surface area contributed by atoms with Crippen LogP contribution >= 0.6 is 0 Å². The van der Waals surface area contributed by atoms with Crippen molar-refractivity contribution in [3.05, 3.63) is 28.3 Å². The van der Waals surface area contributed by atoms with E-state index in [-0.39, 0.29) is 6.09 Å². The van der Waals surface area contributed by atoms with Gasteiger partial charge in [0.15, 0.2) is 0 Å². The molecule has 0 bridgehead atoms. The first kappa shape index (κ1) is 11.6. The highest BCUT2D eigenvalue weighted by Crippen LogP contribution is 2.40. The monoisotopic (exact) mass is 245 g/mol. The summed E-state index contributed by atoms with van der Waals surface area (Å²) in [4.78, 5) is 11.7. The van der Waals surface area contributed by atoms with Crippen LogP contribution in [0, 0.1) is 0 Å². The normalized spacial score (nSPS) is 14.9. The molecular weight excluding hydrogens is 226 g/mol. The quantitative estimate of drug-likeness (QED) is 0.827. The van der Waals surface area contributed by atoms with Gasteiger partial charge in [-0.2, -0.15) is 0 Å². The lowest BCUT2D eigenvalue weighted by Gasteiger charge is -2.32. The smallest absolute Gasteiger partial charge is 0.411 e. The van der Waals surface area contributed by atoms with Gasteiger partial charge >= 0.3 is 6.09 Å². The lowest BCUT2D eigenvalue weighted by molar-refractivity contribution is 0.160. The maximum absolute atomic E-state index is 11.7. The third kappa shape index (κ3) is 1.88. The molecule has 0 spiro atoms. The first-order chi connectivity index (χ1) is 8.79. The van der Waals surface area contributed by atoms with Crippen LogP contribution in [0.25, 0.3) is 0 Å². The van der Waals surface area contributed by atoms with E-state index in [1.165, 1.54) is 22.3 Å². The Morgan fingerprint density at radius 3 is 2.39 bits per heavy atom. The average molecular weight is 245 g/mol. The van der Waals surface area contributed by atoms with Crippen LogP contribution in [0.5, 0.6) is 0 Å². The van der Waals surface area contributed by atoms with E-state index < -0.39 is 0 Å². The number of nitrogens with one attached hydrogen (secondary N) is 1. The number of hydrogen-bond donors (Lipinski definition) is 1. The Labute approximate surface area is 108 Å². The highest BCUT2D eigenvalue weighted by Gasteiger charge is 2.28. The molecule has 0 saturated heterocycles. The number of benzene rings is 1. The summed E-state index contributed by atoms with van der Waals surface area (Å²) >= 11 is 0. The summed E-state index contributed by atoms with van der Waals surface area (Å²) in [6, 6.07) is 2.31. The van der Waals surface area contributed by atoms with Crippen molar-refractivity contribution in [2.24, 2.45) is 0 Å². The Hall–Kier alpha value is -1.51. The van der Waals surface area contributed by atoms with E-state index in [1.54, 1.807) is 0 Å². The van der Waals surface area contributed by atoms with E-state index in [4.69, 9.17) is 4.74 Å². The summed E-state index contributed by atoms with van der Waals surface area (Å²) in [5.41, 5.74) is 6.55. The molecule has 0 unspecified atom stereocenters. The summed E-state index contributed by atoms with van der Waals surface area (Å²) < 4.78 is 5.17. The first-order valence-corrected chi connectivity index (χ1v) is 6.90. The minimum absolute atomic E-state index is 0.294. The van der Waals surface area contributed by atoms with Gasteiger partial charge in [0, 0.05) is 0 Å². The van der Waals surface area contributed by atoms with Gasteiger partial charge in [-0.1, -0.05) is 19.4 Å². The molecule has 0 fully saturated rings. The maximum Gasteiger partial charge on any atom is 0.411 e. The summed E-state index contributed by atoms with van der Waals surface area (Å²) in [5.74, 6) is 0. The third-order valence-electron chi connectivity index (χ3n) is 3.97. The van der Waals surface area contributed by atoms with Crippen molar-refractivity contribution in [2.75, 3.05) is 11.9 Å². The van der Waals surface area contributed by atoms with Gasteiger partial charge in [-0.25, -0.2) is 4.79 Å². The van der Waals surface area contributed by atoms with E-state index in [9.17, 15) is 4.79 Å². The highest BCUT2D eigenvalue weighted by molar-refractivity contribution is 5.89. The van der Waals surface area contributed by atoms with Crippen molar-refractivity contribution in [2.45, 2.75) is 45.4 Å². The molecule has 2 aliphatic rings. The van der Waals surface area contributed by atoms with Crippen LogP contribution in [-0.2, 0) is 30.4 Å². The van der Waals surface area contributed by atoms with Gasteiger partial charge in [0.25, 0.3) is 0 Å². The molecule has 3 nitrogen and oxygen atoms in total. The van der Waals surface area contributed by atoms with Crippen molar-refractivity contribution < 1.29 is 9.53 Å². The SMILES string of the molecule is CCCCOC(=O)Nc1c2c(cc3c1CC3)CC2. The Morgan fingerprint density at radius 1 is 1.22 bits per heavy atom. The molecule has 0 heterocycles. The summed E-state index contributed by atoms with van der Waals surface area (Å²) in [7, 11) is 0. The van der Waals surface area contributed by atoms with E-state index in [0.29, 0.717) is 6.61 Å². The topological polar surface area (TPSA) is 38.3 Å². The Balaban J connectivity index is 1.71. The second-order valence-electron chi connectivity index (χ2n) is 5.14. The molecular formula is C15H19NO2. The average Bonchev–Trinajstić information content (AvgIpc) is 2.25. The van der Waals surface area contributed by atoms with Crippen molar-refractivity contribution in [3.8, 4) is 0 Å². The van der Waals surface area contributed by atoms with Crippen molar-refractivity contribution in [1.82, 2.24) is 0 Å². The Kier molecular flexibility index (Phi) is 2.98. The lowest BCUT2D eigenvalue weighted by Crippen LogP contribution is -2.24. The molecule has 2 aliphatic carbocycles. The van der Waals surface area contributed by atoms with Crippen molar-refractivity contribution >= 4 is 11.8 Å². The number of hydrogen-bond acceptors (Lipinski definition) is 2. The predicted molar refractivity (Wildman–Crippen MR) is 71.1 cm³/mol. The molecule has 0 saturated carbocycles. The zero-order chi connectivity index (χ0) is 12.5. The second kappa shape index (κ2) is 4.63. The van der Waals surface area contributed by atoms with Crippen LogP contribution in [0.1, 0.15) is 42.0 Å². The van der Waals surface area contributed by atoms with Gasteiger partial charge < -0.3 is 4.74 Å². The van der Waals surface area contributed by atoms with Gasteiger partial charge in [0.2, 0.25) is 0 Å². The van der Waals surface area contributed by atoms with E-state index in [0.717, 1.165) is 44.2 Å². The van der Waals surface area contributed by atoms with Crippen LogP contribution in [0.15, 0.2) is 6.07 Å². The van der Waals surface area contributed by atoms with Gasteiger partial charge in [-0.3, -0.25) is 5.32 Å². The summed E-state index contributed by atoms with van der Waals surface area (Å²) in [5, 5.41) is 2.96. The molecule has 0 radical (unpaired) electrons. The number of rotatable bonds is 4. The number of carbonyl (C=O) groups is 1. The summed E-state index contributed by atoms with van der Waals surface area (Å²) in [6.07, 6.45) is 6.17. The number of fused-ring (bicyclic) bond motifs is 2. The Bertz CT molecular complexity index is 464. The van der Waals surface area contributed by atoms with Crippen LogP contribution in [-0.4, -0.2) is 12.7 Å². The molecule has 1 N–H and O–H groups in total. The van der Waals surface area contributed by atoms with Gasteiger partial charge in [-0.05, 0) is 54.4 Å². The maximum atomic E-state index is 11.7. The standard InChI is InChI=1S/C15H19NO2/c1-2-3-8-18-15(17)16-14-12-6-4-10(12)9-11-5-7-13(11)14/h9H,2-8H2,1H3,(H,16,17). The minimum atomic E-state index is -0.294. The van der Waals surface area contributed by atoms with Gasteiger partial charge in [-0.15, -0.1) is 0 Å². The zero-order valence-corrected chi connectivity index (χ0v) is 10.8. The van der Waals surface area contributed by atoms with Crippen LogP contribution < -0.4 is 5.32 Å². The number of amides is 1.